The van der Waals surface area contributed by atoms with E-state index in [-0.39, 0.29) is 12.5 Å². The molecular formula is C21H16ClN3O2S. The van der Waals surface area contributed by atoms with E-state index in [2.05, 4.69) is 16.5 Å². The van der Waals surface area contributed by atoms with Crippen LogP contribution in [0.25, 0.3) is 11.1 Å². The van der Waals surface area contributed by atoms with Crippen molar-refractivity contribution >= 4 is 35.2 Å². The van der Waals surface area contributed by atoms with Crippen molar-refractivity contribution < 1.29 is 9.63 Å². The second-order valence-electron chi connectivity index (χ2n) is 5.85. The molecule has 0 aliphatic carbocycles. The first kappa shape index (κ1) is 19.6. The molecule has 1 heterocycles. The molecule has 0 aliphatic heterocycles. The predicted octanol–water partition coefficient (Wildman–Crippen LogP) is 5.14. The maximum Gasteiger partial charge on any atom is 0.266 e. The Bertz CT molecular complexity index is 1040. The van der Waals surface area contributed by atoms with E-state index in [1.165, 1.54) is 6.34 Å². The van der Waals surface area contributed by atoms with Gasteiger partial charge in [0.25, 0.3) is 5.91 Å². The molecule has 1 N–H and O–H groups in total. The van der Waals surface area contributed by atoms with E-state index in [0.717, 1.165) is 33.6 Å². The zero-order chi connectivity index (χ0) is 19.9. The van der Waals surface area contributed by atoms with Gasteiger partial charge in [-0.05, 0) is 35.7 Å². The van der Waals surface area contributed by atoms with Crippen molar-refractivity contribution in [3.05, 3.63) is 80.5 Å². The monoisotopic (exact) mass is 409 g/mol. The van der Waals surface area contributed by atoms with Gasteiger partial charge in [-0.25, -0.2) is 0 Å². The van der Waals surface area contributed by atoms with Crippen molar-refractivity contribution in [1.29, 1.82) is 5.26 Å². The molecule has 1 aromatic heterocycles. The van der Waals surface area contributed by atoms with Gasteiger partial charge in [0.2, 0.25) is 0 Å². The molecule has 0 aliphatic rings. The number of amides is 1. The molecule has 0 saturated carbocycles. The highest BCUT2D eigenvalue weighted by Gasteiger charge is 2.20. The molecule has 0 atom stereocenters. The summed E-state index contributed by atoms with van der Waals surface area (Å²) in [7, 11) is 0. The summed E-state index contributed by atoms with van der Waals surface area (Å²) < 4.78 is 0. The Morgan fingerprint density at radius 1 is 1.25 bits per heavy atom. The Morgan fingerprint density at radius 3 is 2.64 bits per heavy atom. The molecule has 2 aromatic carbocycles. The summed E-state index contributed by atoms with van der Waals surface area (Å²) >= 11 is 6.99. The molecule has 0 bridgehead atoms. The Labute approximate surface area is 171 Å². The van der Waals surface area contributed by atoms with Crippen molar-refractivity contribution in [2.45, 2.75) is 13.5 Å². The van der Waals surface area contributed by atoms with Crippen LogP contribution < -0.4 is 5.32 Å². The molecule has 0 fully saturated rings. The Morgan fingerprint density at radius 2 is 1.96 bits per heavy atom. The average molecular weight is 410 g/mol. The van der Waals surface area contributed by atoms with Gasteiger partial charge in [-0.2, -0.15) is 5.26 Å². The fourth-order valence-electron chi connectivity index (χ4n) is 2.64. The lowest BCUT2D eigenvalue weighted by molar-refractivity contribution is 0.0974. The van der Waals surface area contributed by atoms with E-state index >= 15 is 0 Å². The Kier molecular flexibility index (Phi) is 6.43. The van der Waals surface area contributed by atoms with Gasteiger partial charge in [0.15, 0.2) is 0 Å². The average Bonchev–Trinajstić information content (AvgIpc) is 3.06. The summed E-state index contributed by atoms with van der Waals surface area (Å²) in [5.41, 5.74) is 3.37. The van der Waals surface area contributed by atoms with Crippen LogP contribution >= 0.6 is 22.9 Å². The summed E-state index contributed by atoms with van der Waals surface area (Å²) in [6, 6.07) is 18.9. The second-order valence-corrected chi connectivity index (χ2v) is 7.30. The lowest BCUT2D eigenvalue weighted by Gasteiger charge is -2.03. The summed E-state index contributed by atoms with van der Waals surface area (Å²) in [5.74, 6) is -0.333. The number of carbonyl (C=O) groups is 1. The fraction of sp³-hybridized carbons (Fsp3) is 0.0952. The van der Waals surface area contributed by atoms with Gasteiger partial charge in [-0.1, -0.05) is 59.2 Å². The number of oxime groups is 1. The number of rotatable bonds is 6. The first-order valence-electron chi connectivity index (χ1n) is 8.38. The SMILES string of the molecule is Cc1c(C(=O)N/C=N\OCc2ccc(Cl)cc2)sc(C#N)c1-c1ccccc1. The molecule has 28 heavy (non-hydrogen) atoms. The first-order chi connectivity index (χ1) is 13.6. The highest BCUT2D eigenvalue weighted by atomic mass is 35.5. The molecule has 3 rings (SSSR count). The van der Waals surface area contributed by atoms with Gasteiger partial charge < -0.3 is 10.2 Å². The maximum absolute atomic E-state index is 12.5. The third-order valence-electron chi connectivity index (χ3n) is 3.98. The summed E-state index contributed by atoms with van der Waals surface area (Å²) in [4.78, 5) is 18.6. The highest BCUT2D eigenvalue weighted by Crippen LogP contribution is 2.35. The summed E-state index contributed by atoms with van der Waals surface area (Å²) in [6.45, 7) is 2.10. The van der Waals surface area contributed by atoms with E-state index in [9.17, 15) is 10.1 Å². The van der Waals surface area contributed by atoms with Gasteiger partial charge in [0.05, 0.1) is 4.88 Å². The number of nitrogens with zero attached hydrogens (tertiary/aromatic N) is 2. The minimum absolute atomic E-state index is 0.262. The number of benzene rings is 2. The number of thiophene rings is 1. The number of halogens is 1. The van der Waals surface area contributed by atoms with Gasteiger partial charge in [0.1, 0.15) is 23.9 Å². The topological polar surface area (TPSA) is 74.5 Å². The Hall–Kier alpha value is -3.14. The quantitative estimate of drug-likeness (QED) is 0.348. The molecule has 0 unspecified atom stereocenters. The number of carbonyl (C=O) groups excluding carboxylic acids is 1. The van der Waals surface area contributed by atoms with Crippen molar-refractivity contribution in [2.75, 3.05) is 0 Å². The van der Waals surface area contributed by atoms with Crippen LogP contribution in [0.3, 0.4) is 0 Å². The Balaban J connectivity index is 1.65. The lowest BCUT2D eigenvalue weighted by atomic mass is 10.0. The molecule has 0 spiro atoms. The third kappa shape index (κ3) is 4.58. The minimum Gasteiger partial charge on any atom is -0.390 e. The van der Waals surface area contributed by atoms with Gasteiger partial charge in [0, 0.05) is 10.6 Å². The molecule has 0 radical (unpaired) electrons. The first-order valence-corrected chi connectivity index (χ1v) is 9.57. The smallest absolute Gasteiger partial charge is 0.266 e. The van der Waals surface area contributed by atoms with Crippen LogP contribution in [0, 0.1) is 18.3 Å². The normalized spacial score (nSPS) is 10.6. The zero-order valence-corrected chi connectivity index (χ0v) is 16.6. The largest absolute Gasteiger partial charge is 0.390 e. The predicted molar refractivity (Wildman–Crippen MR) is 111 cm³/mol. The summed E-state index contributed by atoms with van der Waals surface area (Å²) in [6.07, 6.45) is 1.20. The van der Waals surface area contributed by atoms with Crippen LogP contribution in [0.15, 0.2) is 59.8 Å². The third-order valence-corrected chi connectivity index (χ3v) is 5.43. The van der Waals surface area contributed by atoms with Crippen LogP contribution in [0.5, 0.6) is 0 Å². The van der Waals surface area contributed by atoms with Crippen LogP contribution in [-0.2, 0) is 11.4 Å². The van der Waals surface area contributed by atoms with E-state index in [4.69, 9.17) is 16.4 Å². The van der Waals surface area contributed by atoms with E-state index in [0.29, 0.717) is 14.8 Å². The van der Waals surface area contributed by atoms with E-state index < -0.39 is 0 Å². The number of nitrogens with one attached hydrogen (secondary N) is 1. The number of hydrogen-bond acceptors (Lipinski definition) is 5. The zero-order valence-electron chi connectivity index (χ0n) is 15.0. The van der Waals surface area contributed by atoms with Gasteiger partial charge in [-0.15, -0.1) is 11.3 Å². The second kappa shape index (κ2) is 9.18. The van der Waals surface area contributed by atoms with Gasteiger partial charge >= 0.3 is 0 Å². The number of hydrogen-bond donors (Lipinski definition) is 1. The number of nitriles is 1. The van der Waals surface area contributed by atoms with Crippen LogP contribution in [0.1, 0.15) is 25.7 Å². The highest BCUT2D eigenvalue weighted by molar-refractivity contribution is 7.15. The fourth-order valence-corrected chi connectivity index (χ4v) is 3.80. The molecule has 0 saturated heterocycles. The lowest BCUT2D eigenvalue weighted by Crippen LogP contribution is -2.21. The summed E-state index contributed by atoms with van der Waals surface area (Å²) in [5, 5.41) is 16.4. The van der Waals surface area contributed by atoms with Crippen LogP contribution in [0.4, 0.5) is 0 Å². The molecule has 140 valence electrons. The van der Waals surface area contributed by atoms with Crippen molar-refractivity contribution in [3.63, 3.8) is 0 Å². The standard InChI is InChI=1S/C21H16ClN3O2S/c1-14-19(16-5-3-2-4-6-16)18(11-23)28-20(14)21(26)24-13-25-27-12-15-7-9-17(22)10-8-15/h2-10,13H,12H2,1H3,(H,24,25,26). The maximum atomic E-state index is 12.5. The molecular weight excluding hydrogens is 394 g/mol. The van der Waals surface area contributed by atoms with Crippen LogP contribution in [0.2, 0.25) is 5.02 Å². The minimum atomic E-state index is -0.333. The van der Waals surface area contributed by atoms with Crippen LogP contribution in [-0.4, -0.2) is 12.2 Å². The molecule has 5 nitrogen and oxygen atoms in total. The van der Waals surface area contributed by atoms with Crippen molar-refractivity contribution in [3.8, 4) is 17.2 Å². The molecule has 1 amide bonds. The van der Waals surface area contributed by atoms with Gasteiger partial charge in [-0.3, -0.25) is 4.79 Å². The van der Waals surface area contributed by atoms with E-state index in [1.54, 1.807) is 12.1 Å². The van der Waals surface area contributed by atoms with Crippen molar-refractivity contribution in [2.24, 2.45) is 5.16 Å². The molecule has 3 aromatic rings. The molecule has 7 heteroatoms. The van der Waals surface area contributed by atoms with E-state index in [1.807, 2.05) is 49.4 Å². The van der Waals surface area contributed by atoms with Crippen molar-refractivity contribution in [1.82, 2.24) is 5.32 Å².